The predicted molar refractivity (Wildman–Crippen MR) is 248 cm³/mol. The van der Waals surface area contributed by atoms with Gasteiger partial charge in [-0.25, -0.2) is 4.98 Å². The van der Waals surface area contributed by atoms with Crippen LogP contribution in [0.5, 0.6) is 5.75 Å². The Hall–Kier alpha value is -6.48. The van der Waals surface area contributed by atoms with E-state index in [2.05, 4.69) is 55.6 Å². The molecule has 0 atom stereocenters. The van der Waals surface area contributed by atoms with Crippen molar-refractivity contribution < 1.29 is 28.5 Å². The lowest BCUT2D eigenvalue weighted by Gasteiger charge is -2.10. The van der Waals surface area contributed by atoms with Gasteiger partial charge in [0.1, 0.15) is 41.6 Å². The van der Waals surface area contributed by atoms with Crippen molar-refractivity contribution >= 4 is 57.7 Å². The fourth-order valence-corrected chi connectivity index (χ4v) is 8.36. The van der Waals surface area contributed by atoms with E-state index in [1.807, 2.05) is 61.5 Å². The highest BCUT2D eigenvalue weighted by Gasteiger charge is 2.26. The van der Waals surface area contributed by atoms with Gasteiger partial charge in [0, 0.05) is 51.4 Å². The Bertz CT molecular complexity index is 2670. The van der Waals surface area contributed by atoms with Gasteiger partial charge in [-0.15, -0.1) is 21.5 Å². The van der Waals surface area contributed by atoms with Crippen LogP contribution in [0.3, 0.4) is 0 Å². The Balaban J connectivity index is 0.000000223. The van der Waals surface area contributed by atoms with Gasteiger partial charge in [-0.3, -0.25) is 19.1 Å². The Morgan fingerprint density at radius 1 is 0.891 bits per heavy atom. The molecule has 8 rings (SSSR count). The van der Waals surface area contributed by atoms with E-state index in [0.29, 0.717) is 83.0 Å². The highest BCUT2D eigenvalue weighted by Crippen LogP contribution is 2.36. The number of aryl methyl sites for hydroxylation is 2. The Morgan fingerprint density at radius 3 is 2.31 bits per heavy atom. The molecule has 0 radical (unpaired) electrons. The number of hydrogen-bond donors (Lipinski definition) is 3. The van der Waals surface area contributed by atoms with Crippen LogP contribution in [0.25, 0.3) is 16.1 Å². The molecule has 3 N–H and O–H groups in total. The van der Waals surface area contributed by atoms with E-state index in [0.717, 1.165) is 61.0 Å². The lowest BCUT2D eigenvalue weighted by Crippen LogP contribution is -2.15. The highest BCUT2D eigenvalue weighted by molar-refractivity contribution is 7.15. The third-order valence-electron chi connectivity index (χ3n) is 10.2. The topological polar surface area (TPSA) is 187 Å². The van der Waals surface area contributed by atoms with Gasteiger partial charge in [-0.2, -0.15) is 5.26 Å². The van der Waals surface area contributed by atoms with E-state index in [-0.39, 0.29) is 11.8 Å². The van der Waals surface area contributed by atoms with E-state index in [9.17, 15) is 14.9 Å². The van der Waals surface area contributed by atoms with Crippen LogP contribution >= 0.6 is 22.9 Å². The first-order chi connectivity index (χ1) is 31.1. The second-order valence-electron chi connectivity index (χ2n) is 14.8. The number of nitrogens with one attached hydrogen (secondary N) is 3. The third-order valence-corrected chi connectivity index (χ3v) is 11.6. The third kappa shape index (κ3) is 11.6. The SMILES string of the molecule is CC(=O)Nc1ccc(OCCOCCOCCOCCNc2ccc(-c3ccc4c(c3)CC(=O)N4)c(C#N)n2)cc1.Cc1sc2c(c1C)C(c1ccc(Cl)cc1)=NCc1nnc(C)n1-2. The van der Waals surface area contributed by atoms with E-state index in [1.54, 1.807) is 35.6 Å². The maximum absolute atomic E-state index is 11.6. The lowest BCUT2D eigenvalue weighted by molar-refractivity contribution is -0.115. The summed E-state index contributed by atoms with van der Waals surface area (Å²) in [6.07, 6.45) is 0.340. The Labute approximate surface area is 380 Å². The van der Waals surface area contributed by atoms with Crippen molar-refractivity contribution in [2.24, 2.45) is 4.99 Å². The molecule has 2 aliphatic rings. The molecule has 3 aromatic carbocycles. The van der Waals surface area contributed by atoms with Crippen LogP contribution in [0.1, 0.15) is 51.4 Å². The van der Waals surface area contributed by atoms with Gasteiger partial charge < -0.3 is 34.9 Å². The number of carbonyl (C=O) groups is 2. The van der Waals surface area contributed by atoms with Gasteiger partial charge in [0.2, 0.25) is 11.8 Å². The summed E-state index contributed by atoms with van der Waals surface area (Å²) in [6.45, 7) is 11.9. The van der Waals surface area contributed by atoms with Gasteiger partial charge in [0.05, 0.1) is 51.8 Å². The predicted octanol–water partition coefficient (Wildman–Crippen LogP) is 7.87. The average Bonchev–Trinajstić information content (AvgIpc) is 3.91. The molecular weight excluding hydrogens is 854 g/mol. The number of aromatic nitrogens is 4. The smallest absolute Gasteiger partial charge is 0.228 e. The zero-order chi connectivity index (χ0) is 45.0. The van der Waals surface area contributed by atoms with Crippen molar-refractivity contribution in [3.05, 3.63) is 128 Å². The molecule has 5 heterocycles. The van der Waals surface area contributed by atoms with Crippen molar-refractivity contribution in [3.63, 3.8) is 0 Å². The standard InChI is InChI=1S/C30H33N5O6.C17H15ClN4S/c1-21(36)33-24-3-5-25(6-4-24)41-17-16-40-15-14-39-13-12-38-11-10-32-29-9-7-26(28(20-31)34-29)22-2-8-27-23(18-22)19-30(37)35-27;1-9-10(2)23-17-15(9)16(12-4-6-13(18)7-5-12)19-8-14-21-20-11(3)22(14)17/h2-9,18H,10-17,19H2,1H3,(H,32,34)(H,33,36)(H,35,37);4-7H,8H2,1-3H3. The summed E-state index contributed by atoms with van der Waals surface area (Å²) in [6, 6.07) is 26.5. The van der Waals surface area contributed by atoms with Gasteiger partial charge >= 0.3 is 0 Å². The number of hydrogen-bond acceptors (Lipinski definition) is 13. The fourth-order valence-electron chi connectivity index (χ4n) is 7.01. The minimum atomic E-state index is -0.115. The van der Waals surface area contributed by atoms with Crippen LogP contribution in [0.4, 0.5) is 17.2 Å². The number of amides is 2. The molecule has 0 unspecified atom stereocenters. The molecule has 0 fully saturated rings. The van der Waals surface area contributed by atoms with Gasteiger partial charge in [-0.05, 0) is 98.1 Å². The molecular formula is C47H48ClN9O6S. The van der Waals surface area contributed by atoms with Crippen molar-refractivity contribution in [1.82, 2.24) is 19.7 Å². The first-order valence-corrected chi connectivity index (χ1v) is 21.9. The maximum atomic E-state index is 11.6. The molecule has 15 nitrogen and oxygen atoms in total. The molecule has 64 heavy (non-hydrogen) atoms. The van der Waals surface area contributed by atoms with Crippen molar-refractivity contribution in [2.75, 3.05) is 68.7 Å². The van der Waals surface area contributed by atoms with Crippen molar-refractivity contribution in [2.45, 2.75) is 40.7 Å². The number of rotatable bonds is 17. The second-order valence-corrected chi connectivity index (χ2v) is 16.4. The molecule has 3 aromatic heterocycles. The Morgan fingerprint density at radius 2 is 1.59 bits per heavy atom. The zero-order valence-electron chi connectivity index (χ0n) is 36.0. The molecule has 17 heteroatoms. The number of ether oxygens (including phenoxy) is 4. The van der Waals surface area contributed by atoms with Crippen molar-refractivity contribution in [3.8, 4) is 27.9 Å². The molecule has 6 aromatic rings. The Kier molecular flexibility index (Phi) is 15.5. The average molecular weight is 902 g/mol. The number of nitriles is 1. The van der Waals surface area contributed by atoms with Crippen LogP contribution in [-0.2, 0) is 36.8 Å². The fraction of sp³-hybridized carbons (Fsp3) is 0.298. The summed E-state index contributed by atoms with van der Waals surface area (Å²) in [4.78, 5) is 33.2. The van der Waals surface area contributed by atoms with Crippen LogP contribution in [0, 0.1) is 32.1 Å². The molecule has 2 aliphatic heterocycles. The molecule has 0 spiro atoms. The first kappa shape index (κ1) is 45.5. The number of aliphatic imine (C=N–C) groups is 1. The molecule has 0 aliphatic carbocycles. The van der Waals surface area contributed by atoms with Crippen LogP contribution in [-0.4, -0.2) is 90.1 Å². The van der Waals surface area contributed by atoms with Gasteiger partial charge in [0.25, 0.3) is 0 Å². The van der Waals surface area contributed by atoms with E-state index < -0.39 is 0 Å². The number of carbonyl (C=O) groups excluding carboxylic acids is 2. The zero-order valence-corrected chi connectivity index (χ0v) is 37.6. The molecule has 0 saturated heterocycles. The number of anilines is 3. The number of fused-ring (bicyclic) bond motifs is 4. The first-order valence-electron chi connectivity index (χ1n) is 20.7. The number of halogens is 1. The summed E-state index contributed by atoms with van der Waals surface area (Å²) in [5, 5.41) is 28.7. The number of nitrogens with zero attached hydrogens (tertiary/aromatic N) is 6. The largest absolute Gasteiger partial charge is 0.491 e. The quantitative estimate of drug-likeness (QED) is 0.0757. The number of benzene rings is 3. The van der Waals surface area contributed by atoms with E-state index in [1.165, 1.54) is 22.9 Å². The van der Waals surface area contributed by atoms with Crippen LogP contribution in [0.15, 0.2) is 83.9 Å². The summed E-state index contributed by atoms with van der Waals surface area (Å²) in [5.41, 5.74) is 8.86. The summed E-state index contributed by atoms with van der Waals surface area (Å²) < 4.78 is 24.3. The number of pyridine rings is 1. The van der Waals surface area contributed by atoms with E-state index in [4.69, 9.17) is 35.5 Å². The van der Waals surface area contributed by atoms with Crippen LogP contribution < -0.4 is 20.7 Å². The van der Waals surface area contributed by atoms with Crippen molar-refractivity contribution in [1.29, 1.82) is 5.26 Å². The highest BCUT2D eigenvalue weighted by atomic mass is 35.5. The van der Waals surface area contributed by atoms with E-state index >= 15 is 0 Å². The minimum Gasteiger partial charge on any atom is -0.491 e. The van der Waals surface area contributed by atoms with Gasteiger partial charge in [0.15, 0.2) is 11.5 Å². The molecule has 2 amide bonds. The summed E-state index contributed by atoms with van der Waals surface area (Å²) in [7, 11) is 0. The number of thiophene rings is 1. The van der Waals surface area contributed by atoms with Crippen LogP contribution in [0.2, 0.25) is 5.02 Å². The second kappa shape index (κ2) is 21.7. The summed E-state index contributed by atoms with van der Waals surface area (Å²) >= 11 is 7.80. The maximum Gasteiger partial charge on any atom is 0.228 e. The minimum absolute atomic E-state index is 0.0270. The normalized spacial score (nSPS) is 12.4. The van der Waals surface area contributed by atoms with Gasteiger partial charge in [-0.1, -0.05) is 29.8 Å². The molecule has 0 bridgehead atoms. The monoisotopic (exact) mass is 901 g/mol. The molecule has 0 saturated carbocycles. The molecule has 330 valence electrons. The lowest BCUT2D eigenvalue weighted by atomic mass is 10.00. The summed E-state index contributed by atoms with van der Waals surface area (Å²) in [5.74, 6) is 2.93.